The SMILES string of the molecule is CCCNC(c1ncc[nH]1)c1c(C)ccnc1N. The van der Waals surface area contributed by atoms with Crippen molar-refractivity contribution in [2.75, 3.05) is 12.3 Å². The molecule has 5 nitrogen and oxygen atoms in total. The minimum absolute atomic E-state index is 0.0337. The number of aromatic amines is 1. The number of rotatable bonds is 5. The van der Waals surface area contributed by atoms with Crippen molar-refractivity contribution in [1.29, 1.82) is 0 Å². The second-order valence-corrected chi connectivity index (χ2v) is 4.29. The molecule has 0 radical (unpaired) electrons. The molecule has 96 valence electrons. The van der Waals surface area contributed by atoms with Crippen LogP contribution in [-0.4, -0.2) is 21.5 Å². The molecular weight excluding hydrogens is 226 g/mol. The summed E-state index contributed by atoms with van der Waals surface area (Å²) < 4.78 is 0. The van der Waals surface area contributed by atoms with Crippen molar-refractivity contribution in [3.63, 3.8) is 0 Å². The largest absolute Gasteiger partial charge is 0.383 e. The van der Waals surface area contributed by atoms with Gasteiger partial charge in [0.25, 0.3) is 0 Å². The second-order valence-electron chi connectivity index (χ2n) is 4.29. The molecule has 2 aromatic heterocycles. The van der Waals surface area contributed by atoms with E-state index in [1.165, 1.54) is 0 Å². The molecule has 0 fully saturated rings. The number of anilines is 1. The quantitative estimate of drug-likeness (QED) is 0.750. The Morgan fingerprint density at radius 3 is 2.83 bits per heavy atom. The van der Waals surface area contributed by atoms with E-state index >= 15 is 0 Å². The van der Waals surface area contributed by atoms with Gasteiger partial charge in [-0.25, -0.2) is 9.97 Å². The fourth-order valence-electron chi connectivity index (χ4n) is 2.03. The van der Waals surface area contributed by atoms with Gasteiger partial charge >= 0.3 is 0 Å². The van der Waals surface area contributed by atoms with E-state index in [1.54, 1.807) is 12.4 Å². The van der Waals surface area contributed by atoms with Crippen LogP contribution in [0, 0.1) is 6.92 Å². The van der Waals surface area contributed by atoms with Gasteiger partial charge in [-0.1, -0.05) is 6.92 Å². The molecule has 0 saturated heterocycles. The van der Waals surface area contributed by atoms with E-state index in [-0.39, 0.29) is 6.04 Å². The van der Waals surface area contributed by atoms with Crippen LogP contribution in [0.4, 0.5) is 5.82 Å². The Morgan fingerprint density at radius 1 is 1.39 bits per heavy atom. The van der Waals surface area contributed by atoms with Gasteiger partial charge in [0.15, 0.2) is 0 Å². The number of nitrogen functional groups attached to an aromatic ring is 1. The summed E-state index contributed by atoms with van der Waals surface area (Å²) in [5.41, 5.74) is 8.13. The highest BCUT2D eigenvalue weighted by Gasteiger charge is 2.20. The first kappa shape index (κ1) is 12.6. The first-order valence-electron chi connectivity index (χ1n) is 6.17. The number of nitrogens with zero attached hydrogens (tertiary/aromatic N) is 2. The Kier molecular flexibility index (Phi) is 3.94. The highest BCUT2D eigenvalue weighted by Crippen LogP contribution is 2.26. The third kappa shape index (κ3) is 2.51. The summed E-state index contributed by atoms with van der Waals surface area (Å²) in [5.74, 6) is 1.42. The van der Waals surface area contributed by atoms with Gasteiger partial charge in [0.05, 0.1) is 6.04 Å². The van der Waals surface area contributed by atoms with Gasteiger partial charge in [-0.3, -0.25) is 0 Å². The van der Waals surface area contributed by atoms with Crippen LogP contribution in [0.1, 0.15) is 36.3 Å². The molecule has 0 amide bonds. The molecule has 0 spiro atoms. The van der Waals surface area contributed by atoms with Crippen LogP contribution < -0.4 is 11.1 Å². The molecule has 2 aromatic rings. The zero-order valence-electron chi connectivity index (χ0n) is 10.8. The summed E-state index contributed by atoms with van der Waals surface area (Å²) in [7, 11) is 0. The van der Waals surface area contributed by atoms with Gasteiger partial charge in [0.1, 0.15) is 11.6 Å². The van der Waals surface area contributed by atoms with Crippen molar-refractivity contribution in [3.8, 4) is 0 Å². The van der Waals surface area contributed by atoms with Crippen LogP contribution in [0.3, 0.4) is 0 Å². The van der Waals surface area contributed by atoms with E-state index < -0.39 is 0 Å². The second kappa shape index (κ2) is 5.64. The Labute approximate surface area is 107 Å². The van der Waals surface area contributed by atoms with Gasteiger partial charge in [-0.2, -0.15) is 0 Å². The third-order valence-electron chi connectivity index (χ3n) is 2.92. The van der Waals surface area contributed by atoms with Crippen LogP contribution in [0.15, 0.2) is 24.7 Å². The number of hydrogen-bond acceptors (Lipinski definition) is 4. The molecule has 0 aliphatic carbocycles. The van der Waals surface area contributed by atoms with E-state index in [1.807, 2.05) is 19.2 Å². The summed E-state index contributed by atoms with van der Waals surface area (Å²) >= 11 is 0. The number of aromatic nitrogens is 3. The Hall–Kier alpha value is -1.88. The van der Waals surface area contributed by atoms with Crippen molar-refractivity contribution >= 4 is 5.82 Å². The van der Waals surface area contributed by atoms with E-state index in [0.717, 1.165) is 29.9 Å². The maximum absolute atomic E-state index is 6.01. The first-order chi connectivity index (χ1) is 8.74. The van der Waals surface area contributed by atoms with E-state index in [4.69, 9.17) is 5.73 Å². The predicted molar refractivity (Wildman–Crippen MR) is 72.1 cm³/mol. The minimum atomic E-state index is -0.0337. The fraction of sp³-hybridized carbons (Fsp3) is 0.385. The first-order valence-corrected chi connectivity index (χ1v) is 6.17. The summed E-state index contributed by atoms with van der Waals surface area (Å²) in [6.07, 6.45) is 6.35. The number of aryl methyl sites for hydroxylation is 1. The minimum Gasteiger partial charge on any atom is -0.383 e. The normalized spacial score (nSPS) is 12.6. The molecule has 0 aliphatic heterocycles. The van der Waals surface area contributed by atoms with Crippen LogP contribution in [0.5, 0.6) is 0 Å². The number of pyridine rings is 1. The Morgan fingerprint density at radius 2 is 2.22 bits per heavy atom. The molecule has 5 heteroatoms. The standard InChI is InChI=1S/C13H19N5/c1-3-5-15-11(13-17-7-8-18-13)10-9(2)4-6-16-12(10)14/h4,6-8,11,15H,3,5H2,1-2H3,(H2,14,16)(H,17,18). The van der Waals surface area contributed by atoms with E-state index in [2.05, 4.69) is 27.2 Å². The lowest BCUT2D eigenvalue weighted by Crippen LogP contribution is -2.26. The molecule has 0 aromatic carbocycles. The average Bonchev–Trinajstić information content (AvgIpc) is 2.86. The number of nitrogens with one attached hydrogen (secondary N) is 2. The Balaban J connectivity index is 2.40. The number of hydrogen-bond donors (Lipinski definition) is 3. The predicted octanol–water partition coefficient (Wildman–Crippen LogP) is 1.78. The van der Waals surface area contributed by atoms with Crippen molar-refractivity contribution in [3.05, 3.63) is 41.6 Å². The molecule has 4 N–H and O–H groups in total. The molecule has 2 heterocycles. The maximum atomic E-state index is 6.01. The highest BCUT2D eigenvalue weighted by molar-refractivity contribution is 5.48. The number of H-pyrrole nitrogens is 1. The molecule has 18 heavy (non-hydrogen) atoms. The molecule has 2 rings (SSSR count). The molecular formula is C13H19N5. The van der Waals surface area contributed by atoms with Gasteiger partial charge in [-0.05, 0) is 31.5 Å². The lowest BCUT2D eigenvalue weighted by molar-refractivity contribution is 0.574. The van der Waals surface area contributed by atoms with Crippen molar-refractivity contribution < 1.29 is 0 Å². The van der Waals surface area contributed by atoms with Crippen LogP contribution in [-0.2, 0) is 0 Å². The lowest BCUT2D eigenvalue weighted by Gasteiger charge is -2.20. The highest BCUT2D eigenvalue weighted by atomic mass is 15.0. The number of nitrogens with two attached hydrogens (primary N) is 1. The summed E-state index contributed by atoms with van der Waals surface area (Å²) in [6, 6.07) is 1.93. The summed E-state index contributed by atoms with van der Waals surface area (Å²) in [5, 5.41) is 3.46. The topological polar surface area (TPSA) is 79.6 Å². The molecule has 1 atom stereocenters. The third-order valence-corrected chi connectivity index (χ3v) is 2.92. The lowest BCUT2D eigenvalue weighted by atomic mass is 10.0. The molecule has 1 unspecified atom stereocenters. The van der Waals surface area contributed by atoms with E-state index in [9.17, 15) is 0 Å². The summed E-state index contributed by atoms with van der Waals surface area (Å²) in [4.78, 5) is 11.6. The van der Waals surface area contributed by atoms with Crippen molar-refractivity contribution in [2.24, 2.45) is 0 Å². The summed E-state index contributed by atoms with van der Waals surface area (Å²) in [6.45, 7) is 5.07. The molecule has 0 aliphatic rings. The van der Waals surface area contributed by atoms with E-state index in [0.29, 0.717) is 5.82 Å². The van der Waals surface area contributed by atoms with Crippen LogP contribution >= 0.6 is 0 Å². The Bertz CT molecular complexity index is 472. The van der Waals surface area contributed by atoms with Gasteiger partial charge in [0.2, 0.25) is 0 Å². The van der Waals surface area contributed by atoms with Crippen molar-refractivity contribution in [1.82, 2.24) is 20.3 Å². The smallest absolute Gasteiger partial charge is 0.128 e. The molecule has 0 bridgehead atoms. The monoisotopic (exact) mass is 245 g/mol. The number of imidazole rings is 1. The zero-order valence-corrected chi connectivity index (χ0v) is 10.8. The molecule has 0 saturated carbocycles. The zero-order chi connectivity index (χ0) is 13.0. The van der Waals surface area contributed by atoms with Gasteiger partial charge in [-0.15, -0.1) is 0 Å². The van der Waals surface area contributed by atoms with Crippen LogP contribution in [0.25, 0.3) is 0 Å². The fourth-order valence-corrected chi connectivity index (χ4v) is 2.03. The maximum Gasteiger partial charge on any atom is 0.128 e. The van der Waals surface area contributed by atoms with Gasteiger partial charge in [0, 0.05) is 24.2 Å². The average molecular weight is 245 g/mol. The van der Waals surface area contributed by atoms with Crippen LogP contribution in [0.2, 0.25) is 0 Å². The van der Waals surface area contributed by atoms with Crippen molar-refractivity contribution in [2.45, 2.75) is 26.3 Å². The van der Waals surface area contributed by atoms with Gasteiger partial charge < -0.3 is 16.0 Å².